The first-order chi connectivity index (χ1) is 34.0. The van der Waals surface area contributed by atoms with Gasteiger partial charge in [-0.1, -0.05) is 27.7 Å². The molecule has 1 saturated heterocycles. The average Bonchev–Trinajstić information content (AvgIpc) is 3.99. The molecule has 0 unspecified atom stereocenters. The summed E-state index contributed by atoms with van der Waals surface area (Å²) in [5.74, 6) is 1.80. The van der Waals surface area contributed by atoms with Gasteiger partial charge in [0.25, 0.3) is 12.3 Å². The van der Waals surface area contributed by atoms with E-state index in [1.165, 1.54) is 12.8 Å². The predicted octanol–water partition coefficient (Wildman–Crippen LogP) is 9.01. The predicted molar refractivity (Wildman–Crippen MR) is 268 cm³/mol. The van der Waals surface area contributed by atoms with Gasteiger partial charge in [-0.3, -0.25) is 23.9 Å². The minimum absolute atomic E-state index is 0.0107. The molecule has 3 aliphatic heterocycles. The molecule has 3 fully saturated rings. The van der Waals surface area contributed by atoms with Crippen LogP contribution in [0.5, 0.6) is 11.5 Å². The Labute approximate surface area is 415 Å². The first-order valence-corrected chi connectivity index (χ1v) is 25.3. The summed E-state index contributed by atoms with van der Waals surface area (Å²) in [5, 5.41) is 22.4. The first kappa shape index (κ1) is 48.2. The normalized spacial score (nSPS) is 22.8. The maximum atomic E-state index is 14.8. The number of carbonyl (C=O) groups excluding carboxylic acids is 2. The topological polar surface area (TPSA) is 137 Å². The number of benzene rings is 3. The van der Waals surface area contributed by atoms with Crippen molar-refractivity contribution in [3.05, 3.63) is 101 Å². The van der Waals surface area contributed by atoms with Gasteiger partial charge in [0.15, 0.2) is 5.82 Å². The Morgan fingerprint density at radius 2 is 1.62 bits per heavy atom. The number of rotatable bonds is 11. The zero-order valence-electron chi connectivity index (χ0n) is 42.1. The van der Waals surface area contributed by atoms with Gasteiger partial charge in [0.1, 0.15) is 23.7 Å². The van der Waals surface area contributed by atoms with Crippen LogP contribution in [0.2, 0.25) is 0 Å². The molecule has 0 radical (unpaired) electrons. The van der Waals surface area contributed by atoms with Gasteiger partial charge in [-0.2, -0.15) is 15.5 Å². The zero-order chi connectivity index (χ0) is 49.9. The summed E-state index contributed by atoms with van der Waals surface area (Å²) in [6.45, 7) is 15.6. The number of fused-ring (bicyclic) bond motifs is 2. The van der Waals surface area contributed by atoms with Gasteiger partial charge in [-0.25, -0.2) is 8.78 Å². The molecule has 2 saturated carbocycles. The van der Waals surface area contributed by atoms with Crippen molar-refractivity contribution in [2.75, 3.05) is 56.2 Å². The second-order valence-corrected chi connectivity index (χ2v) is 21.5. The van der Waals surface area contributed by atoms with Gasteiger partial charge in [-0.05, 0) is 98.2 Å². The van der Waals surface area contributed by atoms with Gasteiger partial charge >= 0.3 is 0 Å². The molecule has 5 aliphatic rings. The Bertz CT molecular complexity index is 2840. The maximum absolute atomic E-state index is 14.8. The number of aryl methyl sites for hydroxylation is 2. The number of amides is 2. The second kappa shape index (κ2) is 18.9. The molecule has 2 aliphatic carbocycles. The summed E-state index contributed by atoms with van der Waals surface area (Å²) in [7, 11) is 3.33. The molecule has 374 valence electrons. The zero-order valence-corrected chi connectivity index (χ0v) is 42.1. The fourth-order valence-corrected chi connectivity index (χ4v) is 12.9. The molecule has 5 heterocycles. The van der Waals surface area contributed by atoms with Crippen LogP contribution in [0.1, 0.15) is 117 Å². The summed E-state index contributed by atoms with van der Waals surface area (Å²) in [6, 6.07) is 19.5. The third-order valence-corrected chi connectivity index (χ3v) is 16.4. The van der Waals surface area contributed by atoms with E-state index in [1.54, 1.807) is 55.3 Å². The Balaban J connectivity index is 0.765. The van der Waals surface area contributed by atoms with Crippen LogP contribution in [0.25, 0.3) is 11.1 Å². The van der Waals surface area contributed by atoms with E-state index < -0.39 is 6.43 Å². The van der Waals surface area contributed by atoms with Crippen LogP contribution in [0.15, 0.2) is 67.0 Å². The van der Waals surface area contributed by atoms with Gasteiger partial charge in [-0.15, -0.1) is 0 Å². The number of aromatic nitrogens is 4. The maximum Gasteiger partial charge on any atom is 0.264 e. The largest absolute Gasteiger partial charge is 0.495 e. The van der Waals surface area contributed by atoms with Crippen LogP contribution in [0, 0.1) is 22.2 Å². The van der Waals surface area contributed by atoms with Crippen LogP contribution in [0.3, 0.4) is 0 Å². The number of nitrogens with one attached hydrogen (secondary N) is 1. The molecule has 5 aromatic rings. The number of anilines is 3. The third-order valence-electron chi connectivity index (χ3n) is 16.4. The Morgan fingerprint density at radius 3 is 2.27 bits per heavy atom. The summed E-state index contributed by atoms with van der Waals surface area (Å²) in [6.07, 6.45) is 7.06. The molecule has 0 atom stereocenters. The lowest BCUT2D eigenvalue weighted by atomic mass is 9.49. The van der Waals surface area contributed by atoms with E-state index in [4.69, 9.17) is 14.6 Å². The number of hydrogen-bond donors (Lipinski definition) is 1. The number of halogens is 2. The third kappa shape index (κ3) is 8.89. The molecular formula is C55H66F2N10O4. The van der Waals surface area contributed by atoms with E-state index in [2.05, 4.69) is 75.7 Å². The van der Waals surface area contributed by atoms with Gasteiger partial charge in [0, 0.05) is 134 Å². The van der Waals surface area contributed by atoms with Crippen molar-refractivity contribution >= 4 is 29.0 Å². The fourth-order valence-electron chi connectivity index (χ4n) is 12.9. The highest BCUT2D eigenvalue weighted by atomic mass is 19.3. The molecule has 71 heavy (non-hydrogen) atoms. The van der Waals surface area contributed by atoms with Crippen molar-refractivity contribution in [1.82, 2.24) is 34.7 Å². The molecule has 14 nitrogen and oxygen atoms in total. The SMILES string of the molecule is COc1cc(OC2C(C)(C)C(NC(=O)c3ccc(N4CCN(C5CCC(n6nc(N7CCCc8cc(-c9cnn(C)c9)c(C(F)F)cc87)c7c6CCN(C(C)=O)C7)CC5)CC4)cc3)C2(C)C)ccc1C#N. The van der Waals surface area contributed by atoms with E-state index in [0.29, 0.717) is 65.8 Å². The Hall–Kier alpha value is -6.47. The molecule has 10 rings (SSSR count). The van der Waals surface area contributed by atoms with Crippen molar-refractivity contribution in [2.24, 2.45) is 17.9 Å². The van der Waals surface area contributed by atoms with Crippen molar-refractivity contribution < 1.29 is 27.8 Å². The van der Waals surface area contributed by atoms with Crippen molar-refractivity contribution in [3.8, 4) is 28.7 Å². The monoisotopic (exact) mass is 969 g/mol. The highest BCUT2D eigenvalue weighted by Crippen LogP contribution is 2.56. The number of hydrogen-bond acceptors (Lipinski definition) is 10. The van der Waals surface area contributed by atoms with Crippen LogP contribution < -0.4 is 24.6 Å². The molecule has 1 N–H and O–H groups in total. The Kier molecular flexibility index (Phi) is 12.8. The molecule has 3 aromatic carbocycles. The summed E-state index contributed by atoms with van der Waals surface area (Å²) in [5.41, 5.74) is 6.64. The highest BCUT2D eigenvalue weighted by Gasteiger charge is 2.64. The van der Waals surface area contributed by atoms with Gasteiger partial charge in [0.05, 0.1) is 31.5 Å². The number of ether oxygens (including phenoxy) is 2. The number of methoxy groups -OCH3 is 1. The van der Waals surface area contributed by atoms with Crippen molar-refractivity contribution in [2.45, 2.75) is 117 Å². The minimum Gasteiger partial charge on any atom is -0.495 e. The van der Waals surface area contributed by atoms with E-state index >= 15 is 0 Å². The van der Waals surface area contributed by atoms with Crippen LogP contribution >= 0.6 is 0 Å². The van der Waals surface area contributed by atoms with Gasteiger partial charge < -0.3 is 29.5 Å². The Morgan fingerprint density at radius 1 is 0.901 bits per heavy atom. The van der Waals surface area contributed by atoms with Crippen LogP contribution in [-0.4, -0.2) is 106 Å². The van der Waals surface area contributed by atoms with Crippen molar-refractivity contribution in [1.29, 1.82) is 5.26 Å². The average molecular weight is 969 g/mol. The lowest BCUT2D eigenvalue weighted by Gasteiger charge is -2.63. The summed E-state index contributed by atoms with van der Waals surface area (Å²) >= 11 is 0. The molecule has 2 amide bonds. The molecule has 2 aromatic heterocycles. The first-order valence-electron chi connectivity index (χ1n) is 25.3. The fraction of sp³-hybridized carbons (Fsp3) is 0.509. The number of piperazine rings is 1. The lowest BCUT2D eigenvalue weighted by molar-refractivity contribution is -0.164. The minimum atomic E-state index is -2.66. The van der Waals surface area contributed by atoms with Gasteiger partial charge in [0.2, 0.25) is 5.91 Å². The lowest BCUT2D eigenvalue weighted by Crippen LogP contribution is -2.74. The summed E-state index contributed by atoms with van der Waals surface area (Å²) in [4.78, 5) is 35.5. The van der Waals surface area contributed by atoms with Crippen molar-refractivity contribution in [3.63, 3.8) is 0 Å². The molecule has 16 heteroatoms. The van der Waals surface area contributed by atoms with E-state index in [-0.39, 0.29) is 46.4 Å². The smallest absolute Gasteiger partial charge is 0.264 e. The number of alkyl halides is 2. The molecule has 0 spiro atoms. The second-order valence-electron chi connectivity index (χ2n) is 21.5. The standard InChI is InChI=1S/C55H66F2N10O4/c1-34(68)65-22-20-46-45(33-65)50(66-21-8-9-36-27-43(38-31-59-62(6)32-38)44(49(56)57)29-47(36)66)61-67(46)41-17-15-40(16-18-41)64-25-23-63(24-26-64)39-13-10-35(11-14-39)51(69)60-52-54(2,3)53(55(52,4)5)71-42-19-12-37(30-58)48(28-42)70-7/h10-14,19,27-29,31-32,40-41,49,52-53H,8-9,15-18,20-26,33H2,1-7H3,(H,60,69). The van der Waals surface area contributed by atoms with E-state index in [9.17, 15) is 23.6 Å². The molecular weight excluding hydrogens is 903 g/mol. The quantitative estimate of drug-likeness (QED) is 0.137. The van der Waals surface area contributed by atoms with E-state index in [1.807, 2.05) is 23.1 Å². The number of carbonyl (C=O) groups is 2. The molecule has 0 bridgehead atoms. The highest BCUT2D eigenvalue weighted by molar-refractivity contribution is 5.95. The van der Waals surface area contributed by atoms with Crippen LogP contribution in [0.4, 0.5) is 26.0 Å². The van der Waals surface area contributed by atoms with Crippen LogP contribution in [-0.2, 0) is 31.2 Å². The summed E-state index contributed by atoms with van der Waals surface area (Å²) < 4.78 is 45.4. The number of nitriles is 1. The van der Waals surface area contributed by atoms with E-state index in [0.717, 1.165) is 93.0 Å². The number of nitrogens with zero attached hydrogens (tertiary/aromatic N) is 9.